The van der Waals surface area contributed by atoms with E-state index < -0.39 is 0 Å². The number of carbonyl (C=O) groups is 1. The van der Waals surface area contributed by atoms with Gasteiger partial charge in [0.25, 0.3) is 5.91 Å². The summed E-state index contributed by atoms with van der Waals surface area (Å²) >= 11 is 0. The van der Waals surface area contributed by atoms with Gasteiger partial charge >= 0.3 is 0 Å². The van der Waals surface area contributed by atoms with Crippen molar-refractivity contribution < 1.29 is 4.79 Å². The molecule has 5 heteroatoms. The van der Waals surface area contributed by atoms with Crippen molar-refractivity contribution >= 4 is 33.8 Å². The van der Waals surface area contributed by atoms with Gasteiger partial charge in [-0.15, -0.1) is 0 Å². The van der Waals surface area contributed by atoms with Crippen molar-refractivity contribution in [3.8, 4) is 0 Å². The lowest BCUT2D eigenvalue weighted by Crippen LogP contribution is -2.15. The fraction of sp³-hybridized carbons (Fsp3) is 0.0588. The van der Waals surface area contributed by atoms with Crippen LogP contribution in [0.1, 0.15) is 10.4 Å². The lowest BCUT2D eigenvalue weighted by molar-refractivity contribution is 0.102. The number of benzene rings is 2. The monoisotopic (exact) mass is 290 g/mol. The Kier molecular flexibility index (Phi) is 2.72. The van der Waals surface area contributed by atoms with Gasteiger partial charge in [0.15, 0.2) is 0 Å². The minimum atomic E-state index is -0.175. The van der Waals surface area contributed by atoms with E-state index >= 15 is 0 Å². The van der Waals surface area contributed by atoms with E-state index in [4.69, 9.17) is 0 Å². The third-order valence-electron chi connectivity index (χ3n) is 3.84. The number of H-pyrrole nitrogens is 1. The summed E-state index contributed by atoms with van der Waals surface area (Å²) in [4.78, 5) is 20.1. The van der Waals surface area contributed by atoms with E-state index in [-0.39, 0.29) is 5.91 Å². The van der Waals surface area contributed by atoms with Crippen LogP contribution in [-0.2, 0) is 7.05 Å². The van der Waals surface area contributed by atoms with Crippen LogP contribution in [0.4, 0.5) is 5.95 Å². The van der Waals surface area contributed by atoms with Crippen LogP contribution in [-0.4, -0.2) is 20.4 Å². The fourth-order valence-corrected chi connectivity index (χ4v) is 2.70. The number of fused-ring (bicyclic) bond motifs is 2. The Morgan fingerprint density at radius 3 is 2.86 bits per heavy atom. The maximum Gasteiger partial charge on any atom is 0.260 e. The van der Waals surface area contributed by atoms with Crippen LogP contribution in [0.15, 0.2) is 54.7 Å². The molecule has 0 aliphatic rings. The molecular formula is C17H14N4O. The number of carbonyl (C=O) groups excluding carboxylic acids is 1. The van der Waals surface area contributed by atoms with Crippen molar-refractivity contribution in [3.05, 3.63) is 60.3 Å². The second-order valence-electron chi connectivity index (χ2n) is 5.18. The second-order valence-corrected chi connectivity index (χ2v) is 5.18. The average molecular weight is 290 g/mol. The molecule has 0 radical (unpaired) electrons. The Hall–Kier alpha value is -3.08. The summed E-state index contributed by atoms with van der Waals surface area (Å²) in [6.45, 7) is 0. The highest BCUT2D eigenvalue weighted by Gasteiger charge is 2.14. The first kappa shape index (κ1) is 12.6. The van der Waals surface area contributed by atoms with E-state index in [1.165, 1.54) is 0 Å². The Bertz CT molecular complexity index is 996. The van der Waals surface area contributed by atoms with E-state index in [2.05, 4.69) is 15.3 Å². The van der Waals surface area contributed by atoms with Crippen molar-refractivity contribution in [1.29, 1.82) is 0 Å². The van der Waals surface area contributed by atoms with Gasteiger partial charge in [0.1, 0.15) is 0 Å². The Labute approximate surface area is 126 Å². The topological polar surface area (TPSA) is 62.7 Å². The number of hydrogen-bond acceptors (Lipinski definition) is 2. The number of para-hydroxylation sites is 3. The lowest BCUT2D eigenvalue weighted by atomic mass is 10.1. The van der Waals surface area contributed by atoms with Crippen LogP contribution in [0, 0.1) is 0 Å². The summed E-state index contributed by atoms with van der Waals surface area (Å²) < 4.78 is 1.88. The molecule has 2 N–H and O–H groups in total. The fourth-order valence-electron chi connectivity index (χ4n) is 2.70. The molecule has 0 saturated heterocycles. The number of nitrogens with zero attached hydrogens (tertiary/aromatic N) is 2. The number of hydrogen-bond donors (Lipinski definition) is 2. The standard InChI is InChI=1S/C17H14N4O/c1-21-14-8-3-2-7-13(14)19-17(21)20-16(22)12-6-4-5-11-9-10-18-15(11)12/h2-10,18H,1H3,(H,19,20,22). The molecule has 0 bridgehead atoms. The van der Waals surface area contributed by atoms with Crippen LogP contribution in [0.25, 0.3) is 21.9 Å². The van der Waals surface area contributed by atoms with Gasteiger partial charge in [-0.1, -0.05) is 24.3 Å². The molecule has 2 aromatic heterocycles. The molecule has 0 saturated carbocycles. The summed E-state index contributed by atoms with van der Waals surface area (Å²) in [6, 6.07) is 15.4. The van der Waals surface area contributed by atoms with Gasteiger partial charge in [-0.3, -0.25) is 10.1 Å². The molecule has 22 heavy (non-hydrogen) atoms. The van der Waals surface area contributed by atoms with Gasteiger partial charge in [-0.2, -0.15) is 0 Å². The summed E-state index contributed by atoms with van der Waals surface area (Å²) in [5.74, 6) is 0.362. The second kappa shape index (κ2) is 4.73. The van der Waals surface area contributed by atoms with E-state index in [1.54, 1.807) is 6.07 Å². The molecule has 2 heterocycles. The molecule has 0 aliphatic carbocycles. The highest BCUT2D eigenvalue weighted by atomic mass is 16.1. The minimum absolute atomic E-state index is 0.175. The summed E-state index contributed by atoms with van der Waals surface area (Å²) in [7, 11) is 1.89. The number of rotatable bonds is 2. The Morgan fingerprint density at radius 2 is 2.00 bits per heavy atom. The molecule has 4 rings (SSSR count). The predicted molar refractivity (Wildman–Crippen MR) is 87.0 cm³/mol. The molecule has 1 amide bonds. The molecule has 4 aromatic rings. The first-order valence-electron chi connectivity index (χ1n) is 7.03. The van der Waals surface area contributed by atoms with Crippen molar-refractivity contribution in [2.75, 3.05) is 5.32 Å². The van der Waals surface area contributed by atoms with Gasteiger partial charge in [0.2, 0.25) is 5.95 Å². The van der Waals surface area contributed by atoms with Crippen molar-refractivity contribution in [3.63, 3.8) is 0 Å². The van der Waals surface area contributed by atoms with Gasteiger partial charge < -0.3 is 9.55 Å². The summed E-state index contributed by atoms with van der Waals surface area (Å²) in [5, 5.41) is 3.90. The normalized spacial score (nSPS) is 11.1. The van der Waals surface area contributed by atoms with Crippen molar-refractivity contribution in [1.82, 2.24) is 14.5 Å². The number of nitrogens with one attached hydrogen (secondary N) is 2. The summed E-state index contributed by atoms with van der Waals surface area (Å²) in [6.07, 6.45) is 1.83. The predicted octanol–water partition coefficient (Wildman–Crippen LogP) is 3.31. The Balaban J connectivity index is 1.74. The first-order valence-corrected chi connectivity index (χ1v) is 7.03. The highest BCUT2D eigenvalue weighted by Crippen LogP contribution is 2.20. The zero-order valence-electron chi connectivity index (χ0n) is 12.0. The van der Waals surface area contributed by atoms with Crippen LogP contribution in [0.5, 0.6) is 0 Å². The van der Waals surface area contributed by atoms with E-state index in [1.807, 2.05) is 60.3 Å². The van der Waals surface area contributed by atoms with E-state index in [0.29, 0.717) is 11.5 Å². The van der Waals surface area contributed by atoms with Crippen molar-refractivity contribution in [2.24, 2.45) is 7.05 Å². The van der Waals surface area contributed by atoms with Crippen molar-refractivity contribution in [2.45, 2.75) is 0 Å². The van der Waals surface area contributed by atoms with E-state index in [0.717, 1.165) is 21.9 Å². The maximum absolute atomic E-state index is 12.6. The SMILES string of the molecule is Cn1c(NC(=O)c2cccc3cc[nH]c23)nc2ccccc21. The lowest BCUT2D eigenvalue weighted by Gasteiger charge is -2.06. The molecular weight excluding hydrogens is 276 g/mol. The number of amides is 1. The molecule has 0 unspecified atom stereocenters. The summed E-state index contributed by atoms with van der Waals surface area (Å²) in [5.41, 5.74) is 3.28. The van der Waals surface area contributed by atoms with Crippen LogP contribution in [0.3, 0.4) is 0 Å². The average Bonchev–Trinajstić information content (AvgIpc) is 3.13. The largest absolute Gasteiger partial charge is 0.361 e. The van der Waals surface area contributed by atoms with Gasteiger partial charge in [0.05, 0.1) is 22.1 Å². The number of aromatic nitrogens is 3. The molecule has 0 spiro atoms. The minimum Gasteiger partial charge on any atom is -0.361 e. The molecule has 5 nitrogen and oxygen atoms in total. The number of imidazole rings is 1. The molecule has 0 fully saturated rings. The van der Waals surface area contributed by atoms with Gasteiger partial charge in [-0.05, 0) is 24.3 Å². The smallest absolute Gasteiger partial charge is 0.260 e. The van der Waals surface area contributed by atoms with Crippen LogP contribution in [0.2, 0.25) is 0 Å². The number of aromatic amines is 1. The molecule has 0 atom stereocenters. The molecule has 0 aliphatic heterocycles. The number of anilines is 1. The Morgan fingerprint density at radius 1 is 1.14 bits per heavy atom. The zero-order valence-corrected chi connectivity index (χ0v) is 12.0. The zero-order chi connectivity index (χ0) is 15.1. The third kappa shape index (κ3) is 1.87. The van der Waals surface area contributed by atoms with Crippen LogP contribution < -0.4 is 5.32 Å². The first-order chi connectivity index (χ1) is 10.7. The molecule has 2 aromatic carbocycles. The van der Waals surface area contributed by atoms with Gasteiger partial charge in [-0.25, -0.2) is 4.98 Å². The molecule has 108 valence electrons. The van der Waals surface area contributed by atoms with Crippen LogP contribution >= 0.6 is 0 Å². The third-order valence-corrected chi connectivity index (χ3v) is 3.84. The van der Waals surface area contributed by atoms with E-state index in [9.17, 15) is 4.79 Å². The maximum atomic E-state index is 12.6. The highest BCUT2D eigenvalue weighted by molar-refractivity contribution is 6.11. The van der Waals surface area contributed by atoms with Gasteiger partial charge in [0, 0.05) is 18.6 Å². The quantitative estimate of drug-likeness (QED) is 0.595. The number of aryl methyl sites for hydroxylation is 1.